The molecule has 0 aliphatic heterocycles. The number of hydrogen-bond acceptors (Lipinski definition) is 6. The van der Waals surface area contributed by atoms with Crippen molar-refractivity contribution in [1.29, 1.82) is 0 Å². The molecular weight excluding hydrogens is 522 g/mol. The van der Waals surface area contributed by atoms with E-state index in [1.54, 1.807) is 60.7 Å². The lowest BCUT2D eigenvalue weighted by Gasteiger charge is -2.32. The molecule has 4 rings (SSSR count). The van der Waals surface area contributed by atoms with Gasteiger partial charge in [-0.3, -0.25) is 14.3 Å². The molecule has 200 valence electrons. The van der Waals surface area contributed by atoms with Crippen LogP contribution in [0.3, 0.4) is 0 Å². The quantitative estimate of drug-likeness (QED) is 0.200. The average molecular weight is 548 g/mol. The second-order valence-electron chi connectivity index (χ2n) is 9.07. The van der Waals surface area contributed by atoms with E-state index in [1.165, 1.54) is 0 Å². The number of carbonyl (C=O) groups excluding carboxylic acids is 2. The Hall–Kier alpha value is -4.74. The monoisotopic (exact) mass is 547 g/mol. The fraction of sp³-hybridized carbons (Fsp3) is 0.107. The molecule has 0 fully saturated rings. The summed E-state index contributed by atoms with van der Waals surface area (Å²) in [6.45, 7) is 1.16. The van der Waals surface area contributed by atoms with E-state index in [2.05, 4.69) is 10.0 Å². The maximum atomic E-state index is 13.2. The molecule has 0 saturated heterocycles. The van der Waals surface area contributed by atoms with Crippen LogP contribution < -0.4 is 15.8 Å². The SMILES string of the molecule is CC(O)(NC(=O)c1cc(C(=O)O)cc(S(=O)(=O)Nc2ccc3ccccc3c2)c1)C(C(N)=O)c1ccccc1. The first-order valence-electron chi connectivity index (χ1n) is 11.7. The topological polar surface area (TPSA) is 176 Å². The van der Waals surface area contributed by atoms with Gasteiger partial charge in [0.2, 0.25) is 5.91 Å². The summed E-state index contributed by atoms with van der Waals surface area (Å²) < 4.78 is 28.8. The van der Waals surface area contributed by atoms with E-state index in [9.17, 15) is 33.0 Å². The summed E-state index contributed by atoms with van der Waals surface area (Å²) in [5.41, 5.74) is 3.02. The van der Waals surface area contributed by atoms with Crippen molar-refractivity contribution >= 4 is 44.3 Å². The van der Waals surface area contributed by atoms with Crippen molar-refractivity contribution in [2.24, 2.45) is 5.73 Å². The first-order valence-corrected chi connectivity index (χ1v) is 13.1. The first-order chi connectivity index (χ1) is 18.4. The van der Waals surface area contributed by atoms with Gasteiger partial charge < -0.3 is 21.3 Å². The van der Waals surface area contributed by atoms with Crippen LogP contribution in [0.15, 0.2) is 95.9 Å². The summed E-state index contributed by atoms with van der Waals surface area (Å²) in [6.07, 6.45) is 0. The number of fused-ring (bicyclic) bond motifs is 1. The molecule has 0 aromatic heterocycles. The number of amides is 2. The highest BCUT2D eigenvalue weighted by atomic mass is 32.2. The lowest BCUT2D eigenvalue weighted by molar-refractivity contribution is -0.126. The van der Waals surface area contributed by atoms with E-state index in [1.807, 2.05) is 12.1 Å². The standard InChI is InChI=1S/C28H25N3O7S/c1-28(36,24(25(29)32)18-8-3-2-4-9-18)30-26(33)20-13-21(27(34)35)16-23(15-20)39(37,38)31-22-12-11-17-7-5-6-10-19(17)14-22/h2-16,24,31,36H,1H3,(H2,29,32)(H,30,33)(H,34,35). The van der Waals surface area contributed by atoms with Crippen molar-refractivity contribution in [3.63, 3.8) is 0 Å². The van der Waals surface area contributed by atoms with Crippen molar-refractivity contribution in [2.45, 2.75) is 23.5 Å². The van der Waals surface area contributed by atoms with Crippen LogP contribution in [0.2, 0.25) is 0 Å². The maximum Gasteiger partial charge on any atom is 0.335 e. The smallest absolute Gasteiger partial charge is 0.335 e. The summed E-state index contributed by atoms with van der Waals surface area (Å²) in [4.78, 5) is 36.6. The molecule has 11 heteroatoms. The van der Waals surface area contributed by atoms with Gasteiger partial charge in [0, 0.05) is 11.3 Å². The minimum absolute atomic E-state index is 0.232. The fourth-order valence-electron chi connectivity index (χ4n) is 4.26. The van der Waals surface area contributed by atoms with Crippen LogP contribution in [0, 0.1) is 0 Å². The highest BCUT2D eigenvalue weighted by Crippen LogP contribution is 2.28. The predicted molar refractivity (Wildman–Crippen MR) is 145 cm³/mol. The number of benzene rings is 4. The van der Waals surface area contributed by atoms with Crippen LogP contribution in [0.1, 0.15) is 39.1 Å². The molecule has 2 atom stereocenters. The molecule has 2 amide bonds. The molecule has 0 aliphatic carbocycles. The number of anilines is 1. The van der Waals surface area contributed by atoms with Gasteiger partial charge in [0.15, 0.2) is 5.72 Å². The van der Waals surface area contributed by atoms with Gasteiger partial charge in [0.1, 0.15) is 5.92 Å². The second kappa shape index (κ2) is 10.6. The molecule has 39 heavy (non-hydrogen) atoms. The number of aromatic carboxylic acids is 1. The third-order valence-corrected chi connectivity index (χ3v) is 7.43. The van der Waals surface area contributed by atoms with E-state index < -0.39 is 49.9 Å². The number of rotatable bonds is 9. The number of sulfonamides is 1. The van der Waals surface area contributed by atoms with Gasteiger partial charge in [-0.25, -0.2) is 13.2 Å². The van der Waals surface area contributed by atoms with Gasteiger partial charge in [0.25, 0.3) is 15.9 Å². The van der Waals surface area contributed by atoms with Crippen LogP contribution in [0.25, 0.3) is 10.8 Å². The third-order valence-electron chi connectivity index (χ3n) is 6.07. The Morgan fingerprint density at radius 3 is 2.10 bits per heavy atom. The van der Waals surface area contributed by atoms with Gasteiger partial charge in [-0.2, -0.15) is 0 Å². The van der Waals surface area contributed by atoms with Crippen LogP contribution in [-0.2, 0) is 14.8 Å². The lowest BCUT2D eigenvalue weighted by Crippen LogP contribution is -2.54. The van der Waals surface area contributed by atoms with Crippen molar-refractivity contribution in [2.75, 3.05) is 4.72 Å². The van der Waals surface area contributed by atoms with Crippen LogP contribution >= 0.6 is 0 Å². The Morgan fingerprint density at radius 2 is 1.46 bits per heavy atom. The van der Waals surface area contributed by atoms with Crippen LogP contribution in [0.4, 0.5) is 5.69 Å². The summed E-state index contributed by atoms with van der Waals surface area (Å²) >= 11 is 0. The number of carbonyl (C=O) groups is 3. The normalized spacial score (nSPS) is 13.7. The van der Waals surface area contributed by atoms with Gasteiger partial charge in [-0.1, -0.05) is 60.7 Å². The highest BCUT2D eigenvalue weighted by molar-refractivity contribution is 7.92. The van der Waals surface area contributed by atoms with E-state index >= 15 is 0 Å². The first kappa shape index (κ1) is 27.3. The summed E-state index contributed by atoms with van der Waals surface area (Å²) in [6, 6.07) is 23.1. The molecule has 0 radical (unpaired) electrons. The van der Waals surface area contributed by atoms with Gasteiger partial charge >= 0.3 is 5.97 Å². The molecule has 4 aromatic rings. The number of hydrogen-bond donors (Lipinski definition) is 5. The maximum absolute atomic E-state index is 13.2. The molecule has 4 aromatic carbocycles. The predicted octanol–water partition coefficient (Wildman–Crippen LogP) is 3.05. The van der Waals surface area contributed by atoms with Crippen molar-refractivity contribution < 1.29 is 33.0 Å². The lowest BCUT2D eigenvalue weighted by atomic mass is 9.88. The third kappa shape index (κ3) is 6.06. The molecule has 0 spiro atoms. The van der Waals surface area contributed by atoms with Crippen LogP contribution in [0.5, 0.6) is 0 Å². The number of aliphatic hydroxyl groups is 1. The minimum Gasteiger partial charge on any atom is -0.478 e. The van der Waals surface area contributed by atoms with Crippen molar-refractivity contribution in [1.82, 2.24) is 5.32 Å². The number of nitrogens with one attached hydrogen (secondary N) is 2. The number of nitrogens with two attached hydrogens (primary N) is 1. The molecule has 10 nitrogen and oxygen atoms in total. The van der Waals surface area contributed by atoms with Gasteiger partial charge in [0.05, 0.1) is 10.5 Å². The molecule has 0 heterocycles. The van der Waals surface area contributed by atoms with Crippen molar-refractivity contribution in [3.05, 3.63) is 108 Å². The zero-order chi connectivity index (χ0) is 28.4. The molecular formula is C28H25N3O7S. The van der Waals surface area contributed by atoms with E-state index in [0.717, 1.165) is 35.9 Å². The molecule has 0 aliphatic rings. The summed E-state index contributed by atoms with van der Waals surface area (Å²) in [5.74, 6) is -4.78. The summed E-state index contributed by atoms with van der Waals surface area (Å²) in [5, 5.41) is 24.6. The summed E-state index contributed by atoms with van der Waals surface area (Å²) in [7, 11) is -4.34. The number of primary amides is 1. The molecule has 0 bridgehead atoms. The van der Waals surface area contributed by atoms with E-state index in [-0.39, 0.29) is 11.3 Å². The zero-order valence-corrected chi connectivity index (χ0v) is 21.5. The Labute approximate surface area is 224 Å². The highest BCUT2D eigenvalue weighted by Gasteiger charge is 2.39. The Bertz CT molecular complexity index is 1690. The van der Waals surface area contributed by atoms with Gasteiger partial charge in [-0.15, -0.1) is 0 Å². The molecule has 0 saturated carbocycles. The Balaban J connectivity index is 1.67. The van der Waals surface area contributed by atoms with E-state index in [4.69, 9.17) is 5.73 Å². The largest absolute Gasteiger partial charge is 0.478 e. The average Bonchev–Trinajstić information content (AvgIpc) is 2.88. The number of carboxylic acid groups (broad SMARTS) is 1. The van der Waals surface area contributed by atoms with Gasteiger partial charge in [-0.05, 0) is 53.6 Å². The van der Waals surface area contributed by atoms with E-state index in [0.29, 0.717) is 5.56 Å². The zero-order valence-electron chi connectivity index (χ0n) is 20.7. The molecule has 6 N–H and O–H groups in total. The fourth-order valence-corrected chi connectivity index (χ4v) is 5.38. The number of carboxylic acids is 1. The van der Waals surface area contributed by atoms with Crippen molar-refractivity contribution in [3.8, 4) is 0 Å². The van der Waals surface area contributed by atoms with Crippen LogP contribution in [-0.4, -0.2) is 42.1 Å². The second-order valence-corrected chi connectivity index (χ2v) is 10.7. The molecule has 2 unspecified atom stereocenters. The minimum atomic E-state index is -4.34. The Kier molecular flexibility index (Phi) is 7.39. The Morgan fingerprint density at radius 1 is 0.846 bits per heavy atom.